The zero-order valence-electron chi connectivity index (χ0n) is 7.91. The van der Waals surface area contributed by atoms with Crippen molar-refractivity contribution < 1.29 is 8.42 Å². The minimum Gasteiger partial charge on any atom is -0.329 e. The minimum atomic E-state index is -3.14. The van der Waals surface area contributed by atoms with E-state index in [9.17, 15) is 8.42 Å². The molecule has 0 saturated carbocycles. The molecule has 0 amide bonds. The highest BCUT2D eigenvalue weighted by Crippen LogP contribution is 2.23. The van der Waals surface area contributed by atoms with Gasteiger partial charge >= 0.3 is 0 Å². The highest BCUT2D eigenvalue weighted by atomic mass is 35.5. The van der Waals surface area contributed by atoms with Gasteiger partial charge in [-0.2, -0.15) is 0 Å². The van der Waals surface area contributed by atoms with Crippen LogP contribution in [0.25, 0.3) is 0 Å². The van der Waals surface area contributed by atoms with Crippen molar-refractivity contribution in [1.29, 1.82) is 0 Å². The molecule has 0 atom stereocenters. The number of sulfone groups is 1. The van der Waals surface area contributed by atoms with Crippen LogP contribution in [0.4, 0.5) is 0 Å². The van der Waals surface area contributed by atoms with Gasteiger partial charge in [0, 0.05) is 6.54 Å². The van der Waals surface area contributed by atoms with E-state index in [1.54, 1.807) is 18.2 Å². The lowest BCUT2D eigenvalue weighted by Crippen LogP contribution is -2.17. The maximum atomic E-state index is 11.4. The molecule has 0 unspecified atom stereocenters. The van der Waals surface area contributed by atoms with E-state index in [0.29, 0.717) is 15.6 Å². The molecule has 1 aromatic rings. The van der Waals surface area contributed by atoms with Crippen LogP contribution in [0.5, 0.6) is 0 Å². The second kappa shape index (κ2) is 5.16. The summed E-state index contributed by atoms with van der Waals surface area (Å²) in [7, 11) is -3.14. The molecule has 0 bridgehead atoms. The Morgan fingerprint density at radius 2 is 1.87 bits per heavy atom. The zero-order valence-corrected chi connectivity index (χ0v) is 10.2. The molecule has 15 heavy (non-hydrogen) atoms. The van der Waals surface area contributed by atoms with Crippen LogP contribution in [-0.4, -0.2) is 20.7 Å². The molecule has 0 radical (unpaired) electrons. The van der Waals surface area contributed by atoms with Gasteiger partial charge in [0.1, 0.15) is 0 Å². The lowest BCUT2D eigenvalue weighted by Gasteiger charge is -2.04. The molecule has 0 saturated heterocycles. The van der Waals surface area contributed by atoms with Crippen molar-refractivity contribution >= 4 is 33.0 Å². The summed E-state index contributed by atoms with van der Waals surface area (Å²) in [5.41, 5.74) is 5.82. The summed E-state index contributed by atoms with van der Waals surface area (Å²) in [6.07, 6.45) is 0. The quantitative estimate of drug-likeness (QED) is 0.906. The van der Waals surface area contributed by atoms with Crippen molar-refractivity contribution in [2.75, 3.05) is 12.3 Å². The first-order valence-corrected chi connectivity index (χ1v) is 6.87. The maximum absolute atomic E-state index is 11.4. The average molecular weight is 268 g/mol. The van der Waals surface area contributed by atoms with E-state index in [1.165, 1.54) is 0 Å². The fraction of sp³-hybridized carbons (Fsp3) is 0.333. The van der Waals surface area contributed by atoms with Crippen LogP contribution < -0.4 is 5.73 Å². The number of rotatable bonds is 4. The number of hydrogen-bond donors (Lipinski definition) is 1. The van der Waals surface area contributed by atoms with E-state index in [2.05, 4.69) is 0 Å². The summed E-state index contributed by atoms with van der Waals surface area (Å²) >= 11 is 11.5. The second-order valence-electron chi connectivity index (χ2n) is 3.13. The monoisotopic (exact) mass is 267 g/mol. The molecular formula is C9H11Cl2NO2S. The maximum Gasteiger partial charge on any atom is 0.155 e. The van der Waals surface area contributed by atoms with Crippen LogP contribution in [0.2, 0.25) is 10.0 Å². The summed E-state index contributed by atoms with van der Waals surface area (Å²) in [5, 5.41) is 0.772. The lowest BCUT2D eigenvalue weighted by molar-refractivity contribution is 0.595. The SMILES string of the molecule is NCCS(=O)(=O)Cc1ccc(Cl)c(Cl)c1. The Hall–Kier alpha value is -0.290. The summed E-state index contributed by atoms with van der Waals surface area (Å²) in [6, 6.07) is 4.78. The second-order valence-corrected chi connectivity index (χ2v) is 6.13. The van der Waals surface area contributed by atoms with Crippen LogP contribution in [0.1, 0.15) is 5.56 Å². The van der Waals surface area contributed by atoms with Gasteiger partial charge in [-0.1, -0.05) is 29.3 Å². The van der Waals surface area contributed by atoms with Gasteiger partial charge in [0.05, 0.1) is 21.6 Å². The van der Waals surface area contributed by atoms with Crippen LogP contribution in [0.15, 0.2) is 18.2 Å². The highest BCUT2D eigenvalue weighted by Gasteiger charge is 2.11. The van der Waals surface area contributed by atoms with Crippen LogP contribution in [0, 0.1) is 0 Å². The summed E-state index contributed by atoms with van der Waals surface area (Å²) in [5.74, 6) is -0.0751. The number of benzene rings is 1. The van der Waals surface area contributed by atoms with E-state index in [1.807, 2.05) is 0 Å². The molecular weight excluding hydrogens is 257 g/mol. The highest BCUT2D eigenvalue weighted by molar-refractivity contribution is 7.90. The van der Waals surface area contributed by atoms with Crippen molar-refractivity contribution in [1.82, 2.24) is 0 Å². The van der Waals surface area contributed by atoms with Gasteiger partial charge < -0.3 is 5.73 Å². The largest absolute Gasteiger partial charge is 0.329 e. The van der Waals surface area contributed by atoms with E-state index in [0.717, 1.165) is 0 Å². The number of nitrogens with two attached hydrogens (primary N) is 1. The third-order valence-electron chi connectivity index (χ3n) is 1.80. The Labute approximate surface area is 99.1 Å². The molecule has 0 aliphatic heterocycles. The van der Waals surface area contributed by atoms with Crippen molar-refractivity contribution in [3.63, 3.8) is 0 Å². The zero-order chi connectivity index (χ0) is 11.5. The third kappa shape index (κ3) is 3.99. The third-order valence-corrected chi connectivity index (χ3v) is 4.17. The van der Waals surface area contributed by atoms with Crippen molar-refractivity contribution in [2.45, 2.75) is 5.75 Å². The van der Waals surface area contributed by atoms with Crippen molar-refractivity contribution in [3.05, 3.63) is 33.8 Å². The molecule has 0 aromatic heterocycles. The average Bonchev–Trinajstić information content (AvgIpc) is 2.10. The van der Waals surface area contributed by atoms with Gasteiger partial charge in [0.25, 0.3) is 0 Å². The predicted molar refractivity (Wildman–Crippen MR) is 63.0 cm³/mol. The van der Waals surface area contributed by atoms with Crippen LogP contribution in [-0.2, 0) is 15.6 Å². The first-order valence-electron chi connectivity index (χ1n) is 4.29. The summed E-state index contributed by atoms with van der Waals surface area (Å²) in [6.45, 7) is 0.129. The van der Waals surface area contributed by atoms with Gasteiger partial charge in [-0.05, 0) is 17.7 Å². The molecule has 0 spiro atoms. The molecule has 0 aliphatic carbocycles. The minimum absolute atomic E-state index is 0.0206. The molecule has 0 heterocycles. The van der Waals surface area contributed by atoms with E-state index < -0.39 is 9.84 Å². The van der Waals surface area contributed by atoms with Gasteiger partial charge in [-0.15, -0.1) is 0 Å². The fourth-order valence-electron chi connectivity index (χ4n) is 1.14. The Bertz CT molecular complexity index is 445. The van der Waals surface area contributed by atoms with Gasteiger partial charge in [-0.25, -0.2) is 8.42 Å². The standard InChI is InChI=1S/C9H11Cl2NO2S/c10-8-2-1-7(5-9(8)11)6-15(13,14)4-3-12/h1-2,5H,3-4,6,12H2. The van der Waals surface area contributed by atoms with E-state index in [-0.39, 0.29) is 18.1 Å². The molecule has 0 fully saturated rings. The molecule has 1 aromatic carbocycles. The van der Waals surface area contributed by atoms with Gasteiger partial charge in [0.2, 0.25) is 0 Å². The summed E-state index contributed by atoms with van der Waals surface area (Å²) < 4.78 is 22.9. The Kier molecular flexibility index (Phi) is 4.40. The van der Waals surface area contributed by atoms with Gasteiger partial charge in [-0.3, -0.25) is 0 Å². The number of hydrogen-bond acceptors (Lipinski definition) is 3. The van der Waals surface area contributed by atoms with Crippen LogP contribution in [0.3, 0.4) is 0 Å². The smallest absolute Gasteiger partial charge is 0.155 e. The first kappa shape index (κ1) is 12.8. The van der Waals surface area contributed by atoms with Crippen molar-refractivity contribution in [3.8, 4) is 0 Å². The van der Waals surface area contributed by atoms with Crippen molar-refractivity contribution in [2.24, 2.45) is 5.73 Å². The summed E-state index contributed by atoms with van der Waals surface area (Å²) in [4.78, 5) is 0. The van der Waals surface area contributed by atoms with E-state index >= 15 is 0 Å². The molecule has 2 N–H and O–H groups in total. The lowest BCUT2D eigenvalue weighted by atomic mass is 10.2. The Morgan fingerprint density at radius 3 is 2.40 bits per heavy atom. The first-order chi connectivity index (χ1) is 6.94. The van der Waals surface area contributed by atoms with Gasteiger partial charge in [0.15, 0.2) is 9.84 Å². The fourth-order valence-corrected chi connectivity index (χ4v) is 2.65. The molecule has 3 nitrogen and oxygen atoms in total. The normalized spacial score (nSPS) is 11.7. The predicted octanol–water partition coefficient (Wildman–Crippen LogP) is 1.87. The topological polar surface area (TPSA) is 60.2 Å². The van der Waals surface area contributed by atoms with E-state index in [4.69, 9.17) is 28.9 Å². The van der Waals surface area contributed by atoms with Crippen LogP contribution >= 0.6 is 23.2 Å². The molecule has 84 valence electrons. The number of halogens is 2. The Balaban J connectivity index is 2.86. The molecule has 1 rings (SSSR count). The molecule has 0 aliphatic rings. The molecule has 6 heteroatoms. The Morgan fingerprint density at radius 1 is 1.20 bits per heavy atom.